The second kappa shape index (κ2) is 4.09. The van der Waals surface area contributed by atoms with E-state index < -0.39 is 0 Å². The normalized spacial score (nSPS) is 14.9. The molecule has 0 aromatic heterocycles. The first-order valence-corrected chi connectivity index (χ1v) is 2.45. The minimum Gasteiger partial charge on any atom is -0.385 e. The lowest BCUT2D eigenvalue weighted by molar-refractivity contribution is 1.03. The van der Waals surface area contributed by atoms with Crippen molar-refractivity contribution in [1.29, 1.82) is 0 Å². The van der Waals surface area contributed by atoms with Gasteiger partial charge in [-0.15, -0.1) is 0 Å². The number of hydrogen-bond donors (Lipinski definition) is 2. The van der Waals surface area contributed by atoms with Gasteiger partial charge in [-0.2, -0.15) is 13.5 Å². The van der Waals surface area contributed by atoms with E-state index >= 15 is 0 Å². The summed E-state index contributed by atoms with van der Waals surface area (Å²) >= 11 is 0. The average molecular weight is 142 g/mol. The minimum atomic E-state index is 0. The summed E-state index contributed by atoms with van der Waals surface area (Å²) in [6.07, 6.45) is 9.27. The van der Waals surface area contributed by atoms with Gasteiger partial charge in [0.05, 0.1) is 5.82 Å². The molecule has 0 fully saturated rings. The maximum absolute atomic E-state index is 5.38. The minimum absolute atomic E-state index is 0. The molecule has 0 radical (unpaired) electrons. The van der Waals surface area contributed by atoms with Crippen LogP contribution in [0.2, 0.25) is 0 Å². The number of nitrogens with one attached hydrogen (secondary N) is 1. The molecule has 0 amide bonds. The molecule has 0 atom stereocenters. The Hall–Kier alpha value is -0.830. The van der Waals surface area contributed by atoms with Gasteiger partial charge in [0, 0.05) is 6.20 Å². The van der Waals surface area contributed by atoms with Crippen molar-refractivity contribution in [2.75, 3.05) is 0 Å². The Morgan fingerprint density at radius 3 is 2.78 bits per heavy atom. The Kier molecular flexibility index (Phi) is 3.71. The SMILES string of the molecule is NC1=CC=CC=CN1.S. The van der Waals surface area contributed by atoms with Gasteiger partial charge in [-0.1, -0.05) is 12.2 Å². The molecule has 0 saturated heterocycles. The van der Waals surface area contributed by atoms with E-state index in [-0.39, 0.29) is 13.5 Å². The van der Waals surface area contributed by atoms with Gasteiger partial charge in [-0.3, -0.25) is 0 Å². The van der Waals surface area contributed by atoms with Crippen LogP contribution in [0.3, 0.4) is 0 Å². The molecule has 1 rings (SSSR count). The van der Waals surface area contributed by atoms with Crippen molar-refractivity contribution in [3.05, 3.63) is 36.3 Å². The van der Waals surface area contributed by atoms with E-state index in [9.17, 15) is 0 Å². The summed E-state index contributed by atoms with van der Waals surface area (Å²) in [7, 11) is 0. The lowest BCUT2D eigenvalue weighted by atomic mass is 10.5. The molecule has 3 N–H and O–H groups in total. The highest BCUT2D eigenvalue weighted by Gasteiger charge is 1.80. The van der Waals surface area contributed by atoms with Crippen molar-refractivity contribution >= 4 is 13.5 Å². The van der Waals surface area contributed by atoms with E-state index in [1.54, 1.807) is 12.3 Å². The van der Waals surface area contributed by atoms with E-state index in [0.29, 0.717) is 5.82 Å². The molecule has 0 bridgehead atoms. The molecule has 3 heteroatoms. The maximum Gasteiger partial charge on any atom is 0.1000 e. The smallest absolute Gasteiger partial charge is 0.1000 e. The number of rotatable bonds is 0. The highest BCUT2D eigenvalue weighted by molar-refractivity contribution is 7.59. The summed E-state index contributed by atoms with van der Waals surface area (Å²) in [5, 5.41) is 2.84. The molecule has 1 heterocycles. The van der Waals surface area contributed by atoms with Crippen molar-refractivity contribution in [2.24, 2.45) is 5.73 Å². The van der Waals surface area contributed by atoms with Crippen molar-refractivity contribution in [2.45, 2.75) is 0 Å². The van der Waals surface area contributed by atoms with Crippen LogP contribution >= 0.6 is 13.5 Å². The largest absolute Gasteiger partial charge is 0.385 e. The highest BCUT2D eigenvalue weighted by atomic mass is 32.1. The van der Waals surface area contributed by atoms with Crippen molar-refractivity contribution in [3.63, 3.8) is 0 Å². The molecule has 0 spiro atoms. The maximum atomic E-state index is 5.38. The van der Waals surface area contributed by atoms with Gasteiger partial charge in [0.2, 0.25) is 0 Å². The molecule has 0 saturated carbocycles. The Labute approximate surface area is 61.6 Å². The zero-order valence-corrected chi connectivity index (χ0v) is 5.96. The lowest BCUT2D eigenvalue weighted by Crippen LogP contribution is -2.12. The quantitative estimate of drug-likeness (QED) is 0.519. The summed E-state index contributed by atoms with van der Waals surface area (Å²) in [6.45, 7) is 0. The summed E-state index contributed by atoms with van der Waals surface area (Å²) in [5.74, 6) is 0.676. The standard InChI is InChI=1S/C6H8N2.H2S/c7-6-4-2-1-3-5-8-6;/h1-5,8H,7H2;1H2. The Bertz CT molecular complexity index is 158. The van der Waals surface area contributed by atoms with Gasteiger partial charge in [-0.05, 0) is 12.2 Å². The third-order valence-corrected chi connectivity index (χ3v) is 0.844. The number of allylic oxidation sites excluding steroid dienone is 4. The third kappa shape index (κ3) is 2.87. The fourth-order valence-electron chi connectivity index (χ4n) is 0.471. The van der Waals surface area contributed by atoms with Crippen LogP contribution in [0.1, 0.15) is 0 Å². The van der Waals surface area contributed by atoms with E-state index in [1.165, 1.54) is 0 Å². The molecule has 0 aliphatic carbocycles. The predicted molar refractivity (Wildman–Crippen MR) is 44.1 cm³/mol. The van der Waals surface area contributed by atoms with Crippen LogP contribution in [0.5, 0.6) is 0 Å². The Morgan fingerprint density at radius 1 is 1.22 bits per heavy atom. The molecular weight excluding hydrogens is 132 g/mol. The average Bonchev–Trinajstić information content (AvgIpc) is 1.94. The monoisotopic (exact) mass is 142 g/mol. The van der Waals surface area contributed by atoms with Crippen LogP contribution in [0.4, 0.5) is 0 Å². The first-order chi connectivity index (χ1) is 3.89. The Morgan fingerprint density at radius 2 is 2.00 bits per heavy atom. The Balaban J connectivity index is 0.000000640. The molecule has 9 heavy (non-hydrogen) atoms. The molecule has 0 aromatic carbocycles. The molecule has 0 unspecified atom stereocenters. The van der Waals surface area contributed by atoms with Gasteiger partial charge < -0.3 is 11.1 Å². The summed E-state index contributed by atoms with van der Waals surface area (Å²) in [4.78, 5) is 0. The van der Waals surface area contributed by atoms with E-state index in [2.05, 4.69) is 5.32 Å². The van der Waals surface area contributed by atoms with Crippen LogP contribution in [-0.4, -0.2) is 0 Å². The summed E-state index contributed by atoms with van der Waals surface area (Å²) in [6, 6.07) is 0. The van der Waals surface area contributed by atoms with Gasteiger partial charge in [0.1, 0.15) is 0 Å². The van der Waals surface area contributed by atoms with Crippen molar-refractivity contribution < 1.29 is 0 Å². The fraction of sp³-hybridized carbons (Fsp3) is 0. The van der Waals surface area contributed by atoms with Crippen LogP contribution < -0.4 is 11.1 Å². The summed E-state index contributed by atoms with van der Waals surface area (Å²) < 4.78 is 0. The molecular formula is C6H10N2S. The molecule has 1 aliphatic rings. The predicted octanol–water partition coefficient (Wildman–Crippen LogP) is 0.572. The third-order valence-electron chi connectivity index (χ3n) is 0.844. The van der Waals surface area contributed by atoms with Gasteiger partial charge in [0.25, 0.3) is 0 Å². The second-order valence-corrected chi connectivity index (χ2v) is 1.51. The van der Waals surface area contributed by atoms with E-state index in [1.807, 2.05) is 18.2 Å². The molecule has 0 aromatic rings. The van der Waals surface area contributed by atoms with Crippen molar-refractivity contribution in [1.82, 2.24) is 5.32 Å². The zero-order chi connectivity index (χ0) is 5.82. The van der Waals surface area contributed by atoms with E-state index in [0.717, 1.165) is 0 Å². The molecule has 2 nitrogen and oxygen atoms in total. The first kappa shape index (κ1) is 8.17. The van der Waals surface area contributed by atoms with Crippen LogP contribution in [-0.2, 0) is 0 Å². The van der Waals surface area contributed by atoms with Gasteiger partial charge >= 0.3 is 0 Å². The molecule has 50 valence electrons. The van der Waals surface area contributed by atoms with Crippen LogP contribution in [0.15, 0.2) is 36.3 Å². The second-order valence-electron chi connectivity index (χ2n) is 1.51. The van der Waals surface area contributed by atoms with E-state index in [4.69, 9.17) is 5.73 Å². The molecule has 1 aliphatic heterocycles. The fourth-order valence-corrected chi connectivity index (χ4v) is 0.471. The number of nitrogens with two attached hydrogens (primary N) is 1. The van der Waals surface area contributed by atoms with Crippen molar-refractivity contribution in [3.8, 4) is 0 Å². The lowest BCUT2D eigenvalue weighted by Gasteiger charge is -1.93. The number of hydrogen-bond acceptors (Lipinski definition) is 2. The van der Waals surface area contributed by atoms with Crippen LogP contribution in [0.25, 0.3) is 0 Å². The topological polar surface area (TPSA) is 38.0 Å². The first-order valence-electron chi connectivity index (χ1n) is 2.45. The van der Waals surface area contributed by atoms with Crippen LogP contribution in [0, 0.1) is 0 Å². The van der Waals surface area contributed by atoms with Gasteiger partial charge in [-0.25, -0.2) is 0 Å². The summed E-state index contributed by atoms with van der Waals surface area (Å²) in [5.41, 5.74) is 5.38. The zero-order valence-electron chi connectivity index (χ0n) is 4.96. The highest BCUT2D eigenvalue weighted by Crippen LogP contribution is 1.86. The van der Waals surface area contributed by atoms with Gasteiger partial charge in [0.15, 0.2) is 0 Å².